The van der Waals surface area contributed by atoms with Gasteiger partial charge in [-0.3, -0.25) is 9.66 Å². The van der Waals surface area contributed by atoms with Crippen molar-refractivity contribution in [2.45, 2.75) is 13.8 Å². The van der Waals surface area contributed by atoms with Crippen LogP contribution in [0.2, 0.25) is 5.02 Å². The van der Waals surface area contributed by atoms with E-state index in [0.29, 0.717) is 16.0 Å². The lowest BCUT2D eigenvalue weighted by molar-refractivity contribution is 0.229. The van der Waals surface area contributed by atoms with Gasteiger partial charge in [-0.05, 0) is 31.5 Å². The van der Waals surface area contributed by atoms with Crippen molar-refractivity contribution in [1.82, 2.24) is 10.2 Å². The Bertz CT molecular complexity index is 602. The van der Waals surface area contributed by atoms with Gasteiger partial charge in [-0.15, -0.1) is 0 Å². The Labute approximate surface area is 122 Å². The molecule has 0 amide bonds. The van der Waals surface area contributed by atoms with Crippen molar-refractivity contribution >= 4 is 24.6 Å². The highest BCUT2D eigenvalue weighted by molar-refractivity contribution is 7.62. The van der Waals surface area contributed by atoms with Gasteiger partial charge in [0.25, 0.3) is 0 Å². The molecule has 1 aromatic carbocycles. The second-order valence-corrected chi connectivity index (χ2v) is 6.37. The van der Waals surface area contributed by atoms with Gasteiger partial charge in [0, 0.05) is 10.6 Å². The summed E-state index contributed by atoms with van der Waals surface area (Å²) in [6.07, 6.45) is 1.60. The third-order valence-corrected chi connectivity index (χ3v) is 4.98. The van der Waals surface area contributed by atoms with Gasteiger partial charge in [-0.1, -0.05) is 23.7 Å². The maximum absolute atomic E-state index is 12.8. The molecule has 0 spiro atoms. The van der Waals surface area contributed by atoms with Crippen molar-refractivity contribution in [2.24, 2.45) is 0 Å². The Balaban J connectivity index is 2.46. The highest BCUT2D eigenvalue weighted by atomic mass is 35.5. The summed E-state index contributed by atoms with van der Waals surface area (Å²) in [5.74, 6) is 0. The minimum absolute atomic E-state index is 0.288. The van der Waals surface area contributed by atoms with Crippen LogP contribution < -0.4 is 5.44 Å². The number of aromatic nitrogens is 2. The number of aromatic amines is 1. The zero-order valence-corrected chi connectivity index (χ0v) is 12.9. The van der Waals surface area contributed by atoms with E-state index in [1.54, 1.807) is 32.2 Å². The van der Waals surface area contributed by atoms with Crippen LogP contribution in [-0.4, -0.2) is 23.4 Å². The molecule has 0 bridgehead atoms. The highest BCUT2D eigenvalue weighted by Gasteiger charge is 2.32. The summed E-state index contributed by atoms with van der Waals surface area (Å²) in [5.41, 5.74) is 1.90. The van der Waals surface area contributed by atoms with E-state index in [2.05, 4.69) is 10.2 Å². The third kappa shape index (κ3) is 3.13. The monoisotopic (exact) mass is 314 g/mol. The molecule has 2 aromatic rings. The Hall–Kier alpha value is -1.13. The molecule has 0 atom stereocenters. The number of hydrogen-bond donors (Lipinski definition) is 1. The second-order valence-electron chi connectivity index (χ2n) is 3.97. The van der Waals surface area contributed by atoms with Crippen LogP contribution in [0.3, 0.4) is 0 Å². The molecule has 1 N–H and O–H groups in total. The van der Waals surface area contributed by atoms with Gasteiger partial charge in [-0.2, -0.15) is 5.10 Å². The molecule has 5 nitrogen and oxygen atoms in total. The molecule has 1 aromatic heterocycles. The molecule has 108 valence electrons. The molecule has 0 aliphatic rings. The largest absolute Gasteiger partial charge is 0.379 e. The van der Waals surface area contributed by atoms with Crippen LogP contribution in [0.5, 0.6) is 0 Å². The number of nitrogens with one attached hydrogen (secondary N) is 1. The smallest absolute Gasteiger partial charge is 0.304 e. The van der Waals surface area contributed by atoms with Crippen molar-refractivity contribution in [3.63, 3.8) is 0 Å². The summed E-state index contributed by atoms with van der Waals surface area (Å²) in [7, 11) is -3.39. The van der Waals surface area contributed by atoms with Gasteiger partial charge in [0.2, 0.25) is 0 Å². The average molecular weight is 315 g/mol. The predicted molar refractivity (Wildman–Crippen MR) is 79.5 cm³/mol. The minimum Gasteiger partial charge on any atom is -0.304 e. The summed E-state index contributed by atoms with van der Waals surface area (Å²) in [4.78, 5) is 0. The second kappa shape index (κ2) is 6.55. The summed E-state index contributed by atoms with van der Waals surface area (Å²) in [6, 6.07) is 7.19. The fourth-order valence-electron chi connectivity index (χ4n) is 1.84. The first-order valence-electron chi connectivity index (χ1n) is 6.29. The maximum atomic E-state index is 12.8. The molecule has 1 heterocycles. The lowest BCUT2D eigenvalue weighted by Gasteiger charge is -2.16. The minimum atomic E-state index is -3.39. The van der Waals surface area contributed by atoms with Crippen LogP contribution in [0, 0.1) is 0 Å². The molecule has 0 saturated carbocycles. The Kier molecular flexibility index (Phi) is 5.00. The summed E-state index contributed by atoms with van der Waals surface area (Å²) < 4.78 is 23.5. The van der Waals surface area contributed by atoms with Gasteiger partial charge in [0.05, 0.1) is 19.4 Å². The van der Waals surface area contributed by atoms with E-state index < -0.39 is 7.60 Å². The normalized spacial score (nSPS) is 11.8. The quantitative estimate of drug-likeness (QED) is 0.827. The number of halogens is 1. The van der Waals surface area contributed by atoms with Gasteiger partial charge >= 0.3 is 7.60 Å². The summed E-state index contributed by atoms with van der Waals surface area (Å²) >= 11 is 5.87. The highest BCUT2D eigenvalue weighted by Crippen LogP contribution is 2.48. The van der Waals surface area contributed by atoms with Crippen LogP contribution in [0.15, 0.2) is 30.5 Å². The van der Waals surface area contributed by atoms with Crippen molar-refractivity contribution in [2.75, 3.05) is 13.2 Å². The van der Waals surface area contributed by atoms with Gasteiger partial charge < -0.3 is 9.05 Å². The standard InChI is InChI=1S/C13H16ClN2O3P/c1-3-18-20(17,19-4-2)13-12(9-15-16-13)10-5-7-11(14)8-6-10/h5-9H,3-4H2,1-2H3,(H,15,16). The molecular formula is C13H16ClN2O3P. The topological polar surface area (TPSA) is 64.2 Å². The molecule has 20 heavy (non-hydrogen) atoms. The average Bonchev–Trinajstić information content (AvgIpc) is 2.90. The van der Waals surface area contributed by atoms with Crippen LogP contribution in [0.1, 0.15) is 13.8 Å². The van der Waals surface area contributed by atoms with Gasteiger partial charge in [-0.25, -0.2) is 0 Å². The van der Waals surface area contributed by atoms with Crippen molar-refractivity contribution < 1.29 is 13.6 Å². The first-order valence-corrected chi connectivity index (χ1v) is 8.21. The van der Waals surface area contributed by atoms with E-state index in [0.717, 1.165) is 5.56 Å². The molecule has 0 radical (unpaired) electrons. The number of nitrogens with zero attached hydrogens (tertiary/aromatic N) is 1. The first-order chi connectivity index (χ1) is 9.60. The Morgan fingerprint density at radius 1 is 1.20 bits per heavy atom. The van der Waals surface area contributed by atoms with E-state index >= 15 is 0 Å². The predicted octanol–water partition coefficient (Wildman–Crippen LogP) is 3.62. The maximum Gasteiger partial charge on any atom is 0.379 e. The zero-order chi connectivity index (χ0) is 14.6. The summed E-state index contributed by atoms with van der Waals surface area (Å²) in [6.45, 7) is 4.11. The SMILES string of the molecule is CCOP(=O)(OCC)c1[nH]ncc1-c1ccc(Cl)cc1. The van der Waals surface area contributed by atoms with Gasteiger partial charge in [0.15, 0.2) is 5.44 Å². The third-order valence-electron chi connectivity index (χ3n) is 2.65. The van der Waals surface area contributed by atoms with E-state index in [4.69, 9.17) is 20.6 Å². The first kappa shape index (κ1) is 15.3. The van der Waals surface area contributed by atoms with Crippen LogP contribution in [0.25, 0.3) is 11.1 Å². The van der Waals surface area contributed by atoms with Gasteiger partial charge in [0.1, 0.15) is 0 Å². The molecule has 0 fully saturated rings. The van der Waals surface area contributed by atoms with Crippen molar-refractivity contribution in [3.05, 3.63) is 35.5 Å². The Morgan fingerprint density at radius 2 is 1.80 bits per heavy atom. The zero-order valence-electron chi connectivity index (χ0n) is 11.3. The number of benzene rings is 1. The fraction of sp³-hybridized carbons (Fsp3) is 0.308. The number of hydrogen-bond acceptors (Lipinski definition) is 4. The fourth-order valence-corrected chi connectivity index (χ4v) is 3.64. The molecule has 0 unspecified atom stereocenters. The lowest BCUT2D eigenvalue weighted by Crippen LogP contribution is -2.14. The van der Waals surface area contributed by atoms with Crippen molar-refractivity contribution in [1.29, 1.82) is 0 Å². The molecule has 0 saturated heterocycles. The number of rotatable bonds is 6. The molecule has 0 aliphatic heterocycles. The molecule has 2 rings (SSSR count). The number of H-pyrrole nitrogens is 1. The van der Waals surface area contributed by atoms with E-state index in [-0.39, 0.29) is 13.2 Å². The van der Waals surface area contributed by atoms with E-state index in [1.807, 2.05) is 12.1 Å². The Morgan fingerprint density at radius 3 is 2.35 bits per heavy atom. The summed E-state index contributed by atoms with van der Waals surface area (Å²) in [5, 5.41) is 7.33. The van der Waals surface area contributed by atoms with Crippen LogP contribution >= 0.6 is 19.2 Å². The molecule has 7 heteroatoms. The van der Waals surface area contributed by atoms with Crippen LogP contribution in [0.4, 0.5) is 0 Å². The lowest BCUT2D eigenvalue weighted by atomic mass is 10.1. The van der Waals surface area contributed by atoms with Crippen LogP contribution in [-0.2, 0) is 13.6 Å². The van der Waals surface area contributed by atoms with E-state index in [9.17, 15) is 4.57 Å². The molecule has 0 aliphatic carbocycles. The van der Waals surface area contributed by atoms with Crippen molar-refractivity contribution in [3.8, 4) is 11.1 Å². The molecular weight excluding hydrogens is 299 g/mol. The van der Waals surface area contributed by atoms with E-state index in [1.165, 1.54) is 0 Å².